The van der Waals surface area contributed by atoms with Crippen molar-refractivity contribution in [3.63, 3.8) is 0 Å². The zero-order valence-corrected chi connectivity index (χ0v) is 15.1. The van der Waals surface area contributed by atoms with Crippen LogP contribution in [0.2, 0.25) is 0 Å². The first kappa shape index (κ1) is 17.5. The molecule has 140 valence electrons. The van der Waals surface area contributed by atoms with Gasteiger partial charge < -0.3 is 20.1 Å². The smallest absolute Gasteiger partial charge is 0.308 e. The third-order valence-electron chi connectivity index (χ3n) is 5.05. The Bertz CT molecular complexity index is 832. The van der Waals surface area contributed by atoms with E-state index in [-0.39, 0.29) is 17.9 Å². The predicted octanol–water partition coefficient (Wildman–Crippen LogP) is 3.03. The van der Waals surface area contributed by atoms with Crippen LogP contribution in [0.3, 0.4) is 0 Å². The quantitative estimate of drug-likeness (QED) is 0.628. The number of carbonyl (C=O) groups excluding carboxylic acids is 2. The molecule has 2 aliphatic heterocycles. The van der Waals surface area contributed by atoms with Crippen molar-refractivity contribution < 1.29 is 19.1 Å². The first-order chi connectivity index (χ1) is 13.1. The summed E-state index contributed by atoms with van der Waals surface area (Å²) in [5.74, 6) is 1.31. The molecule has 2 saturated heterocycles. The molecule has 0 saturated carbocycles. The van der Waals surface area contributed by atoms with E-state index in [0.29, 0.717) is 34.9 Å². The Morgan fingerprint density at radius 3 is 2.15 bits per heavy atom. The highest BCUT2D eigenvalue weighted by atomic mass is 16.5. The van der Waals surface area contributed by atoms with Gasteiger partial charge in [0.15, 0.2) is 0 Å². The number of benzene rings is 2. The van der Waals surface area contributed by atoms with Gasteiger partial charge in [-0.15, -0.1) is 0 Å². The maximum atomic E-state index is 12.5. The van der Waals surface area contributed by atoms with Gasteiger partial charge in [-0.1, -0.05) is 0 Å². The Morgan fingerprint density at radius 1 is 0.963 bits per heavy atom. The van der Waals surface area contributed by atoms with Gasteiger partial charge in [0, 0.05) is 30.6 Å². The zero-order valence-electron chi connectivity index (χ0n) is 15.1. The van der Waals surface area contributed by atoms with Gasteiger partial charge in [0.25, 0.3) is 5.91 Å². The number of carbonyl (C=O) groups is 2. The van der Waals surface area contributed by atoms with Gasteiger partial charge in [0.05, 0.1) is 0 Å². The average Bonchev–Trinajstić information content (AvgIpc) is 3.26. The minimum absolute atomic E-state index is 0.0494. The van der Waals surface area contributed by atoms with Crippen molar-refractivity contribution in [3.05, 3.63) is 54.1 Å². The molecule has 6 heteroatoms. The summed E-state index contributed by atoms with van der Waals surface area (Å²) in [5.41, 5.74) is 0.621. The van der Waals surface area contributed by atoms with Gasteiger partial charge in [0.1, 0.15) is 17.2 Å². The largest absolute Gasteiger partial charge is 0.457 e. The highest BCUT2D eigenvalue weighted by Crippen LogP contribution is 2.29. The third kappa shape index (κ3) is 4.11. The molecular weight excluding hydrogens is 344 g/mol. The summed E-state index contributed by atoms with van der Waals surface area (Å²) >= 11 is 0. The Hall–Kier alpha value is -2.86. The summed E-state index contributed by atoms with van der Waals surface area (Å²) in [5, 5.41) is 6.66. The lowest BCUT2D eigenvalue weighted by Crippen LogP contribution is -2.42. The van der Waals surface area contributed by atoms with E-state index in [0.717, 1.165) is 12.8 Å². The minimum Gasteiger partial charge on any atom is -0.457 e. The lowest BCUT2D eigenvalue weighted by atomic mass is 9.95. The summed E-state index contributed by atoms with van der Waals surface area (Å²) in [6.45, 7) is 1.36. The zero-order chi connectivity index (χ0) is 18.8. The van der Waals surface area contributed by atoms with E-state index in [4.69, 9.17) is 9.47 Å². The molecule has 0 radical (unpaired) electrons. The molecule has 2 heterocycles. The molecule has 27 heavy (non-hydrogen) atoms. The maximum absolute atomic E-state index is 12.5. The fourth-order valence-electron chi connectivity index (χ4n) is 3.79. The van der Waals surface area contributed by atoms with Crippen molar-refractivity contribution in [1.29, 1.82) is 0 Å². The second-order valence-electron chi connectivity index (χ2n) is 7.05. The normalized spacial score (nSPS) is 23.1. The van der Waals surface area contributed by atoms with Crippen molar-refractivity contribution in [2.45, 2.75) is 44.3 Å². The van der Waals surface area contributed by atoms with Crippen LogP contribution in [0.25, 0.3) is 0 Å². The third-order valence-corrected chi connectivity index (χ3v) is 5.05. The van der Waals surface area contributed by atoms with E-state index in [1.165, 1.54) is 13.3 Å². The first-order valence-corrected chi connectivity index (χ1v) is 9.20. The number of hydrogen-bond donors (Lipinski definition) is 2. The standard InChI is InChI=1S/C21H22N2O4/c1-13(24)26-16-7-9-18(10-8-16)27-17-5-2-14(3-6-17)21(25)23-20-12-15-4-11-19(20)22-15/h2-3,5-10,15,19-20,22H,4,11-12H2,1H3,(H,23,25)/t15-,19+,20-/m1/s1. The number of rotatable bonds is 5. The van der Waals surface area contributed by atoms with Gasteiger partial charge in [-0.05, 0) is 67.8 Å². The molecule has 2 fully saturated rings. The number of hydrogen-bond acceptors (Lipinski definition) is 5. The van der Waals surface area contributed by atoms with Crippen LogP contribution >= 0.6 is 0 Å². The van der Waals surface area contributed by atoms with Crippen molar-refractivity contribution in [1.82, 2.24) is 10.6 Å². The van der Waals surface area contributed by atoms with E-state index in [1.54, 1.807) is 48.5 Å². The Kier molecular flexibility index (Phi) is 4.81. The van der Waals surface area contributed by atoms with Gasteiger partial charge in [0.2, 0.25) is 0 Å². The Balaban J connectivity index is 1.34. The van der Waals surface area contributed by atoms with E-state index >= 15 is 0 Å². The fraction of sp³-hybridized carbons (Fsp3) is 0.333. The molecule has 6 nitrogen and oxygen atoms in total. The van der Waals surface area contributed by atoms with Crippen LogP contribution in [-0.4, -0.2) is 30.0 Å². The lowest BCUT2D eigenvalue weighted by Gasteiger charge is -2.21. The first-order valence-electron chi connectivity index (χ1n) is 9.20. The molecule has 2 aromatic rings. The Labute approximate surface area is 157 Å². The van der Waals surface area contributed by atoms with E-state index < -0.39 is 0 Å². The monoisotopic (exact) mass is 366 g/mol. The molecule has 3 atom stereocenters. The summed E-state index contributed by atoms with van der Waals surface area (Å²) in [6.07, 6.45) is 3.37. The van der Waals surface area contributed by atoms with Crippen LogP contribution in [-0.2, 0) is 4.79 Å². The molecule has 0 aliphatic carbocycles. The van der Waals surface area contributed by atoms with Crippen molar-refractivity contribution in [2.75, 3.05) is 0 Å². The lowest BCUT2D eigenvalue weighted by molar-refractivity contribution is -0.131. The van der Waals surface area contributed by atoms with E-state index in [2.05, 4.69) is 10.6 Å². The molecule has 2 N–H and O–H groups in total. The molecule has 0 spiro atoms. The molecule has 2 aliphatic rings. The van der Waals surface area contributed by atoms with Gasteiger partial charge in [-0.25, -0.2) is 0 Å². The number of ether oxygens (including phenoxy) is 2. The summed E-state index contributed by atoms with van der Waals surface area (Å²) in [4.78, 5) is 23.4. The molecule has 0 aromatic heterocycles. The van der Waals surface area contributed by atoms with Gasteiger partial charge >= 0.3 is 5.97 Å². The van der Waals surface area contributed by atoms with Gasteiger partial charge in [-0.3, -0.25) is 9.59 Å². The molecular formula is C21H22N2O4. The number of fused-ring (bicyclic) bond motifs is 2. The molecule has 4 rings (SSSR count). The number of amides is 1. The summed E-state index contributed by atoms with van der Waals surface area (Å²) in [6, 6.07) is 15.0. The number of nitrogens with one attached hydrogen (secondary N) is 2. The van der Waals surface area contributed by atoms with Crippen LogP contribution in [0.4, 0.5) is 0 Å². The second kappa shape index (κ2) is 7.40. The van der Waals surface area contributed by atoms with Gasteiger partial charge in [-0.2, -0.15) is 0 Å². The summed E-state index contributed by atoms with van der Waals surface area (Å²) in [7, 11) is 0. The van der Waals surface area contributed by atoms with Crippen molar-refractivity contribution in [3.8, 4) is 17.2 Å². The van der Waals surface area contributed by atoms with Crippen LogP contribution < -0.4 is 20.1 Å². The second-order valence-corrected chi connectivity index (χ2v) is 7.05. The van der Waals surface area contributed by atoms with Crippen LogP contribution in [0.1, 0.15) is 36.5 Å². The molecule has 2 aromatic carbocycles. The SMILES string of the molecule is CC(=O)Oc1ccc(Oc2ccc(C(=O)N[C@@H]3C[C@H]4CC[C@@H]3N4)cc2)cc1. The average molecular weight is 366 g/mol. The van der Waals surface area contributed by atoms with E-state index in [9.17, 15) is 9.59 Å². The summed E-state index contributed by atoms with van der Waals surface area (Å²) < 4.78 is 10.8. The molecule has 2 bridgehead atoms. The van der Waals surface area contributed by atoms with Crippen LogP contribution in [0.15, 0.2) is 48.5 Å². The maximum Gasteiger partial charge on any atom is 0.308 e. The molecule has 0 unspecified atom stereocenters. The minimum atomic E-state index is -0.362. The highest BCUT2D eigenvalue weighted by Gasteiger charge is 2.39. The Morgan fingerprint density at radius 2 is 1.59 bits per heavy atom. The topological polar surface area (TPSA) is 76.7 Å². The highest BCUT2D eigenvalue weighted by molar-refractivity contribution is 5.94. The fourth-order valence-corrected chi connectivity index (χ4v) is 3.79. The molecule has 1 amide bonds. The van der Waals surface area contributed by atoms with Crippen molar-refractivity contribution in [2.24, 2.45) is 0 Å². The van der Waals surface area contributed by atoms with Crippen molar-refractivity contribution >= 4 is 11.9 Å². The predicted molar refractivity (Wildman–Crippen MR) is 100 cm³/mol. The van der Waals surface area contributed by atoms with E-state index in [1.807, 2.05) is 0 Å². The number of esters is 1. The van der Waals surface area contributed by atoms with Crippen LogP contribution in [0, 0.1) is 0 Å². The van der Waals surface area contributed by atoms with Crippen LogP contribution in [0.5, 0.6) is 17.2 Å².